The minimum absolute atomic E-state index is 0.0432. The number of ether oxygens (including phenoxy) is 2. The van der Waals surface area contributed by atoms with Crippen LogP contribution in [0.3, 0.4) is 0 Å². The second-order valence-electron chi connectivity index (χ2n) is 4.08. The highest BCUT2D eigenvalue weighted by molar-refractivity contribution is 5.77. The maximum atomic E-state index is 11.9. The number of amides is 2. The Bertz CT molecular complexity index is 297. The Hall–Kier alpha value is -1.34. The van der Waals surface area contributed by atoms with E-state index in [1.165, 1.54) is 7.11 Å². The van der Waals surface area contributed by atoms with Crippen LogP contribution in [0.25, 0.3) is 0 Å². The third-order valence-corrected chi connectivity index (χ3v) is 2.96. The quantitative estimate of drug-likeness (QED) is 0.721. The molecule has 2 N–H and O–H groups in total. The van der Waals surface area contributed by atoms with Crippen molar-refractivity contribution in [1.29, 1.82) is 0 Å². The number of urea groups is 1. The molecule has 1 fully saturated rings. The number of hydrogen-bond donors (Lipinski definition) is 2. The number of nitrogens with zero attached hydrogens (tertiary/aromatic N) is 1. The number of morpholine rings is 1. The van der Waals surface area contributed by atoms with Gasteiger partial charge in [0.05, 0.1) is 25.8 Å². The molecule has 0 spiro atoms. The number of nitrogens with one attached hydrogen (secondary N) is 1. The molecule has 1 aliphatic heterocycles. The first-order valence-electron chi connectivity index (χ1n) is 5.98. The van der Waals surface area contributed by atoms with Gasteiger partial charge in [-0.15, -0.1) is 0 Å². The molecule has 1 aliphatic rings. The van der Waals surface area contributed by atoms with Crippen LogP contribution in [0.4, 0.5) is 4.79 Å². The van der Waals surface area contributed by atoms with Crippen LogP contribution in [0, 0.1) is 0 Å². The summed E-state index contributed by atoms with van der Waals surface area (Å²) in [4.78, 5) is 24.3. The predicted octanol–water partition coefficient (Wildman–Crippen LogP) is -0.0936. The number of carbonyl (C=O) groups is 2. The second kappa shape index (κ2) is 7.17. The second-order valence-corrected chi connectivity index (χ2v) is 4.08. The Morgan fingerprint density at radius 1 is 1.61 bits per heavy atom. The first-order valence-corrected chi connectivity index (χ1v) is 5.98. The summed E-state index contributed by atoms with van der Waals surface area (Å²) in [5.41, 5.74) is 0. The number of carboxylic acid groups (broad SMARTS) is 1. The number of carboxylic acids is 1. The maximum absolute atomic E-state index is 11.9. The zero-order chi connectivity index (χ0) is 13.5. The van der Waals surface area contributed by atoms with Crippen LogP contribution in [0.2, 0.25) is 0 Å². The molecule has 0 bridgehead atoms. The van der Waals surface area contributed by atoms with E-state index in [1.54, 1.807) is 4.90 Å². The van der Waals surface area contributed by atoms with Crippen LogP contribution in [0.1, 0.15) is 13.3 Å². The van der Waals surface area contributed by atoms with E-state index in [1.807, 2.05) is 6.92 Å². The van der Waals surface area contributed by atoms with Gasteiger partial charge in [0.15, 0.2) is 6.10 Å². The third-order valence-electron chi connectivity index (χ3n) is 2.96. The first-order chi connectivity index (χ1) is 8.60. The molecule has 7 nitrogen and oxygen atoms in total. The Balaban J connectivity index is 2.45. The first kappa shape index (κ1) is 14.7. The van der Waals surface area contributed by atoms with Gasteiger partial charge in [-0.3, -0.25) is 0 Å². The summed E-state index contributed by atoms with van der Waals surface area (Å²) in [7, 11) is 1.30. The summed E-state index contributed by atoms with van der Waals surface area (Å²) >= 11 is 0. The smallest absolute Gasteiger partial charge is 0.334 e. The van der Waals surface area contributed by atoms with E-state index in [0.717, 1.165) is 6.42 Å². The van der Waals surface area contributed by atoms with Crippen LogP contribution >= 0.6 is 0 Å². The molecule has 0 aromatic rings. The molecule has 0 aromatic carbocycles. The molecule has 1 rings (SSSR count). The zero-order valence-electron chi connectivity index (χ0n) is 10.7. The summed E-state index contributed by atoms with van der Waals surface area (Å²) in [5, 5.41) is 11.4. The fourth-order valence-corrected chi connectivity index (χ4v) is 1.81. The minimum Gasteiger partial charge on any atom is -0.479 e. The summed E-state index contributed by atoms with van der Waals surface area (Å²) in [6.07, 6.45) is -0.213. The highest BCUT2D eigenvalue weighted by Gasteiger charge is 2.27. The summed E-state index contributed by atoms with van der Waals surface area (Å²) in [6.45, 7) is 3.50. The van der Waals surface area contributed by atoms with E-state index in [-0.39, 0.29) is 18.6 Å². The van der Waals surface area contributed by atoms with Gasteiger partial charge in [-0.2, -0.15) is 0 Å². The van der Waals surface area contributed by atoms with Crippen molar-refractivity contribution in [2.24, 2.45) is 0 Å². The Morgan fingerprint density at radius 3 is 2.89 bits per heavy atom. The zero-order valence-corrected chi connectivity index (χ0v) is 10.7. The summed E-state index contributed by atoms with van der Waals surface area (Å²) in [5.74, 6) is -1.09. The number of rotatable bonds is 5. The van der Waals surface area contributed by atoms with Gasteiger partial charge in [-0.1, -0.05) is 6.92 Å². The van der Waals surface area contributed by atoms with Crippen LogP contribution in [0.5, 0.6) is 0 Å². The lowest BCUT2D eigenvalue weighted by Gasteiger charge is -2.35. The molecule has 0 saturated carbocycles. The fourth-order valence-electron chi connectivity index (χ4n) is 1.81. The lowest BCUT2D eigenvalue weighted by Crippen LogP contribution is -2.53. The predicted molar refractivity (Wildman–Crippen MR) is 63.4 cm³/mol. The Labute approximate surface area is 106 Å². The van der Waals surface area contributed by atoms with E-state index in [9.17, 15) is 9.59 Å². The molecule has 0 radical (unpaired) electrons. The topological polar surface area (TPSA) is 88.1 Å². The average Bonchev–Trinajstić information content (AvgIpc) is 2.38. The normalized spacial score (nSPS) is 21.4. The molecule has 18 heavy (non-hydrogen) atoms. The van der Waals surface area contributed by atoms with E-state index >= 15 is 0 Å². The van der Waals surface area contributed by atoms with Crippen LogP contribution in [-0.4, -0.2) is 67.6 Å². The summed E-state index contributed by atoms with van der Waals surface area (Å²) < 4.78 is 10.0. The molecule has 1 saturated heterocycles. The van der Waals surface area contributed by atoms with Crippen LogP contribution in [0.15, 0.2) is 0 Å². The molecule has 2 atom stereocenters. The van der Waals surface area contributed by atoms with Crippen molar-refractivity contribution in [3.8, 4) is 0 Å². The van der Waals surface area contributed by atoms with E-state index in [2.05, 4.69) is 5.32 Å². The number of hydrogen-bond acceptors (Lipinski definition) is 4. The average molecular weight is 260 g/mol. The van der Waals surface area contributed by atoms with E-state index in [0.29, 0.717) is 19.8 Å². The molecule has 7 heteroatoms. The Kier molecular flexibility index (Phi) is 5.87. The SMILES string of the molecule is CCC1COCCN1C(=O)NCC(OC)C(=O)O. The molecule has 1 heterocycles. The molecule has 0 aromatic heterocycles. The third kappa shape index (κ3) is 3.85. The van der Waals surface area contributed by atoms with Gasteiger partial charge in [-0.25, -0.2) is 9.59 Å². The highest BCUT2D eigenvalue weighted by Crippen LogP contribution is 2.10. The van der Waals surface area contributed by atoms with Crippen molar-refractivity contribution in [2.75, 3.05) is 33.4 Å². The molecule has 2 amide bonds. The molecule has 2 unspecified atom stereocenters. The van der Waals surface area contributed by atoms with Crippen molar-refractivity contribution in [2.45, 2.75) is 25.5 Å². The van der Waals surface area contributed by atoms with Crippen molar-refractivity contribution in [3.05, 3.63) is 0 Å². The van der Waals surface area contributed by atoms with Gasteiger partial charge in [0, 0.05) is 13.7 Å². The van der Waals surface area contributed by atoms with Gasteiger partial charge in [0.2, 0.25) is 0 Å². The molecule has 104 valence electrons. The number of methoxy groups -OCH3 is 1. The van der Waals surface area contributed by atoms with Gasteiger partial charge >= 0.3 is 12.0 Å². The van der Waals surface area contributed by atoms with Gasteiger partial charge in [-0.05, 0) is 6.42 Å². The highest BCUT2D eigenvalue weighted by atomic mass is 16.5. The van der Waals surface area contributed by atoms with Gasteiger partial charge in [0.1, 0.15) is 0 Å². The van der Waals surface area contributed by atoms with E-state index in [4.69, 9.17) is 14.6 Å². The lowest BCUT2D eigenvalue weighted by molar-refractivity contribution is -0.148. The lowest BCUT2D eigenvalue weighted by atomic mass is 10.2. The van der Waals surface area contributed by atoms with Crippen molar-refractivity contribution >= 4 is 12.0 Å². The fraction of sp³-hybridized carbons (Fsp3) is 0.818. The molecular weight excluding hydrogens is 240 g/mol. The van der Waals surface area contributed by atoms with E-state index < -0.39 is 12.1 Å². The monoisotopic (exact) mass is 260 g/mol. The van der Waals surface area contributed by atoms with Crippen molar-refractivity contribution < 1.29 is 24.2 Å². The van der Waals surface area contributed by atoms with Gasteiger partial charge < -0.3 is 24.8 Å². The number of carbonyl (C=O) groups excluding carboxylic acids is 1. The van der Waals surface area contributed by atoms with Crippen LogP contribution < -0.4 is 5.32 Å². The van der Waals surface area contributed by atoms with Gasteiger partial charge in [0.25, 0.3) is 0 Å². The minimum atomic E-state index is -1.09. The van der Waals surface area contributed by atoms with Crippen molar-refractivity contribution in [1.82, 2.24) is 10.2 Å². The number of aliphatic carboxylic acids is 1. The van der Waals surface area contributed by atoms with Crippen LogP contribution in [-0.2, 0) is 14.3 Å². The van der Waals surface area contributed by atoms with Crippen molar-refractivity contribution in [3.63, 3.8) is 0 Å². The maximum Gasteiger partial charge on any atom is 0.334 e. The summed E-state index contributed by atoms with van der Waals surface area (Å²) in [6, 6.07) is -0.224. The standard InChI is InChI=1S/C11H20N2O5/c1-3-8-7-18-5-4-13(8)11(16)12-6-9(17-2)10(14)15/h8-9H,3-7H2,1-2H3,(H,12,16)(H,14,15). The molecule has 0 aliphatic carbocycles. The molecular formula is C11H20N2O5. The Morgan fingerprint density at radius 2 is 2.33 bits per heavy atom. The largest absolute Gasteiger partial charge is 0.479 e.